The first-order chi connectivity index (χ1) is 4.79. The average molecular weight is 134 g/mol. The van der Waals surface area contributed by atoms with E-state index in [0.717, 1.165) is 24.0 Å². The van der Waals surface area contributed by atoms with Gasteiger partial charge in [-0.2, -0.15) is 0 Å². The molecule has 0 aromatic rings. The Balaban J connectivity index is 2.51. The minimum absolute atomic E-state index is 0.493. The first kappa shape index (κ1) is 5.78. The highest BCUT2D eigenvalue weighted by atomic mass is 16.3. The lowest BCUT2D eigenvalue weighted by Crippen LogP contribution is -1.81. The van der Waals surface area contributed by atoms with Crippen molar-refractivity contribution in [3.05, 3.63) is 34.6 Å². The normalized spacial score (nSPS) is 22.9. The van der Waals surface area contributed by atoms with E-state index < -0.39 is 0 Å². The van der Waals surface area contributed by atoms with Crippen molar-refractivity contribution < 1.29 is 5.11 Å². The lowest BCUT2D eigenvalue weighted by molar-refractivity contribution is 0.423. The molecule has 0 saturated heterocycles. The highest BCUT2D eigenvalue weighted by molar-refractivity contribution is 5.57. The van der Waals surface area contributed by atoms with Crippen molar-refractivity contribution in [2.24, 2.45) is 0 Å². The molecular formula is C9H10O. The third kappa shape index (κ3) is 0.576. The van der Waals surface area contributed by atoms with E-state index >= 15 is 0 Å². The fourth-order valence-electron chi connectivity index (χ4n) is 1.58. The van der Waals surface area contributed by atoms with Crippen molar-refractivity contribution in [2.45, 2.75) is 19.8 Å². The van der Waals surface area contributed by atoms with Gasteiger partial charge in [-0.15, -0.1) is 0 Å². The molecule has 0 fully saturated rings. The summed E-state index contributed by atoms with van der Waals surface area (Å²) < 4.78 is 0. The van der Waals surface area contributed by atoms with Crippen molar-refractivity contribution in [1.82, 2.24) is 0 Å². The summed E-state index contributed by atoms with van der Waals surface area (Å²) in [6.45, 7) is 1.95. The van der Waals surface area contributed by atoms with E-state index in [1.807, 2.05) is 6.92 Å². The average Bonchev–Trinajstić information content (AvgIpc) is 2.41. The maximum atomic E-state index is 9.43. The Morgan fingerprint density at radius 2 is 2.30 bits per heavy atom. The number of allylic oxidation sites excluding steroid dienone is 4. The summed E-state index contributed by atoms with van der Waals surface area (Å²) in [6, 6.07) is 0. The van der Waals surface area contributed by atoms with Gasteiger partial charge >= 0.3 is 0 Å². The lowest BCUT2D eigenvalue weighted by Gasteiger charge is -1.95. The van der Waals surface area contributed by atoms with Crippen LogP contribution in [0.15, 0.2) is 34.6 Å². The fourth-order valence-corrected chi connectivity index (χ4v) is 1.58. The van der Waals surface area contributed by atoms with Crippen LogP contribution in [0.4, 0.5) is 0 Å². The molecule has 0 aromatic carbocycles. The quantitative estimate of drug-likeness (QED) is 0.539. The number of fused-ring (bicyclic) bond motifs is 1. The van der Waals surface area contributed by atoms with E-state index in [4.69, 9.17) is 0 Å². The molecule has 0 aliphatic heterocycles. The molecule has 52 valence electrons. The molecule has 0 aromatic heterocycles. The predicted octanol–water partition coefficient (Wildman–Crippen LogP) is 2.48. The number of aliphatic hydroxyl groups excluding tert-OH is 1. The monoisotopic (exact) mass is 134 g/mol. The van der Waals surface area contributed by atoms with Gasteiger partial charge in [-0.25, -0.2) is 0 Å². The molecule has 0 amide bonds. The van der Waals surface area contributed by atoms with Gasteiger partial charge in [0.05, 0.1) is 0 Å². The lowest BCUT2D eigenvalue weighted by atomic mass is 10.2. The summed E-state index contributed by atoms with van der Waals surface area (Å²) in [7, 11) is 0. The minimum Gasteiger partial charge on any atom is -0.507 e. The van der Waals surface area contributed by atoms with Crippen molar-refractivity contribution >= 4 is 0 Å². The molecule has 2 aliphatic carbocycles. The molecule has 1 nitrogen and oxygen atoms in total. The van der Waals surface area contributed by atoms with Crippen molar-refractivity contribution in [3.8, 4) is 0 Å². The van der Waals surface area contributed by atoms with E-state index in [1.54, 1.807) is 0 Å². The summed E-state index contributed by atoms with van der Waals surface area (Å²) >= 11 is 0. The first-order valence-corrected chi connectivity index (χ1v) is 3.60. The smallest absolute Gasteiger partial charge is 0.125 e. The van der Waals surface area contributed by atoms with Crippen LogP contribution in [-0.4, -0.2) is 5.11 Å². The summed E-state index contributed by atoms with van der Waals surface area (Å²) in [5.74, 6) is 0.493. The maximum absolute atomic E-state index is 9.43. The molecule has 2 rings (SSSR count). The van der Waals surface area contributed by atoms with Crippen molar-refractivity contribution in [3.63, 3.8) is 0 Å². The molecule has 10 heavy (non-hydrogen) atoms. The molecule has 0 saturated carbocycles. The Kier molecular flexibility index (Phi) is 1.01. The number of hydrogen-bond donors (Lipinski definition) is 1. The number of aliphatic hydroxyl groups is 1. The standard InChI is InChI=1S/C9H10O/c1-6-5-7-3-2-4-8(7)9(6)10/h4-5,10H,2-3H2,1H3. The summed E-state index contributed by atoms with van der Waals surface area (Å²) in [5.41, 5.74) is 3.41. The first-order valence-electron chi connectivity index (χ1n) is 3.60. The highest BCUT2D eigenvalue weighted by Gasteiger charge is 2.21. The molecule has 0 radical (unpaired) electrons. The van der Waals surface area contributed by atoms with Gasteiger partial charge in [0, 0.05) is 5.57 Å². The Hall–Kier alpha value is -0.980. The van der Waals surface area contributed by atoms with Gasteiger partial charge in [0.25, 0.3) is 0 Å². The molecule has 0 unspecified atom stereocenters. The number of hydrogen-bond acceptors (Lipinski definition) is 1. The Morgan fingerprint density at radius 1 is 1.50 bits per heavy atom. The van der Waals surface area contributed by atoms with Gasteiger partial charge in [-0.3, -0.25) is 0 Å². The van der Waals surface area contributed by atoms with E-state index in [2.05, 4.69) is 12.2 Å². The predicted molar refractivity (Wildman–Crippen MR) is 40.7 cm³/mol. The molecule has 0 atom stereocenters. The molecule has 2 aliphatic rings. The van der Waals surface area contributed by atoms with Crippen LogP contribution in [0.3, 0.4) is 0 Å². The second-order valence-electron chi connectivity index (χ2n) is 2.86. The van der Waals surface area contributed by atoms with Crippen LogP contribution < -0.4 is 0 Å². The third-order valence-electron chi connectivity index (χ3n) is 2.13. The topological polar surface area (TPSA) is 20.2 Å². The highest BCUT2D eigenvalue weighted by Crippen LogP contribution is 2.36. The molecule has 1 heteroatoms. The van der Waals surface area contributed by atoms with Crippen LogP contribution in [-0.2, 0) is 0 Å². The zero-order valence-electron chi connectivity index (χ0n) is 6.02. The zero-order valence-corrected chi connectivity index (χ0v) is 6.02. The second-order valence-corrected chi connectivity index (χ2v) is 2.86. The van der Waals surface area contributed by atoms with Crippen molar-refractivity contribution in [1.29, 1.82) is 0 Å². The van der Waals surface area contributed by atoms with E-state index in [-0.39, 0.29) is 0 Å². The largest absolute Gasteiger partial charge is 0.507 e. The molecule has 0 bridgehead atoms. The zero-order chi connectivity index (χ0) is 7.14. The van der Waals surface area contributed by atoms with Gasteiger partial charge in [-0.1, -0.05) is 12.2 Å². The molecule has 1 N–H and O–H groups in total. The van der Waals surface area contributed by atoms with Gasteiger partial charge in [-0.05, 0) is 30.9 Å². The maximum Gasteiger partial charge on any atom is 0.125 e. The Labute approximate surface area is 60.4 Å². The van der Waals surface area contributed by atoms with Gasteiger partial charge in [0.1, 0.15) is 5.76 Å². The van der Waals surface area contributed by atoms with Crippen LogP contribution in [0.5, 0.6) is 0 Å². The number of rotatable bonds is 0. The fraction of sp³-hybridized carbons (Fsp3) is 0.333. The van der Waals surface area contributed by atoms with Gasteiger partial charge < -0.3 is 5.11 Å². The molecule has 0 heterocycles. The second kappa shape index (κ2) is 1.75. The van der Waals surface area contributed by atoms with Crippen LogP contribution in [0, 0.1) is 0 Å². The Bertz CT molecular complexity index is 262. The van der Waals surface area contributed by atoms with Crippen LogP contribution in [0.25, 0.3) is 0 Å². The van der Waals surface area contributed by atoms with Gasteiger partial charge in [0.2, 0.25) is 0 Å². The van der Waals surface area contributed by atoms with Crippen molar-refractivity contribution in [2.75, 3.05) is 0 Å². The summed E-state index contributed by atoms with van der Waals surface area (Å²) in [6.07, 6.45) is 6.39. The van der Waals surface area contributed by atoms with Gasteiger partial charge in [0.15, 0.2) is 0 Å². The summed E-state index contributed by atoms with van der Waals surface area (Å²) in [4.78, 5) is 0. The van der Waals surface area contributed by atoms with E-state index in [9.17, 15) is 5.11 Å². The Morgan fingerprint density at radius 3 is 3.00 bits per heavy atom. The SMILES string of the molecule is CC1=C(O)C2=CCCC2=C1. The van der Waals surface area contributed by atoms with E-state index in [1.165, 1.54) is 5.57 Å². The van der Waals surface area contributed by atoms with Crippen LogP contribution in [0.2, 0.25) is 0 Å². The molecule has 0 spiro atoms. The van der Waals surface area contributed by atoms with Crippen LogP contribution >= 0.6 is 0 Å². The minimum atomic E-state index is 0.493. The van der Waals surface area contributed by atoms with E-state index in [0.29, 0.717) is 5.76 Å². The third-order valence-corrected chi connectivity index (χ3v) is 2.13. The van der Waals surface area contributed by atoms with Crippen LogP contribution in [0.1, 0.15) is 19.8 Å². The summed E-state index contributed by atoms with van der Waals surface area (Å²) in [5, 5.41) is 9.43. The molecular weight excluding hydrogens is 124 g/mol.